The van der Waals surface area contributed by atoms with Gasteiger partial charge in [-0.2, -0.15) is 0 Å². The fourth-order valence-corrected chi connectivity index (χ4v) is 2.84. The fourth-order valence-electron chi connectivity index (χ4n) is 2.84. The van der Waals surface area contributed by atoms with Crippen LogP contribution in [0.1, 0.15) is 43.5 Å². The zero-order chi connectivity index (χ0) is 13.9. The summed E-state index contributed by atoms with van der Waals surface area (Å²) in [6.45, 7) is 5.37. The standard InChI is InChI=1S/C16H23NO2/c1-16(2)10-4-5-13(16)11-17-15(18)12-6-8-14(19-3)9-7-12/h6-9,13H,4-5,10-11H2,1-3H3,(H,17,18). The summed E-state index contributed by atoms with van der Waals surface area (Å²) in [4.78, 5) is 12.1. The smallest absolute Gasteiger partial charge is 0.251 e. The molecule has 0 aromatic heterocycles. The number of ether oxygens (including phenoxy) is 1. The SMILES string of the molecule is COc1ccc(C(=O)NCC2CCCC2(C)C)cc1. The van der Waals surface area contributed by atoms with Gasteiger partial charge in [0.05, 0.1) is 7.11 Å². The number of rotatable bonds is 4. The molecule has 1 aliphatic rings. The fraction of sp³-hybridized carbons (Fsp3) is 0.562. The van der Waals surface area contributed by atoms with Gasteiger partial charge >= 0.3 is 0 Å². The number of carbonyl (C=O) groups is 1. The number of amides is 1. The third kappa shape index (κ3) is 3.28. The van der Waals surface area contributed by atoms with Gasteiger partial charge in [0, 0.05) is 12.1 Å². The second kappa shape index (κ2) is 5.64. The van der Waals surface area contributed by atoms with Crippen molar-refractivity contribution in [3.63, 3.8) is 0 Å². The van der Waals surface area contributed by atoms with Crippen molar-refractivity contribution in [3.05, 3.63) is 29.8 Å². The van der Waals surface area contributed by atoms with E-state index in [-0.39, 0.29) is 5.91 Å². The van der Waals surface area contributed by atoms with Crippen molar-refractivity contribution in [1.82, 2.24) is 5.32 Å². The van der Waals surface area contributed by atoms with Gasteiger partial charge in [-0.15, -0.1) is 0 Å². The molecule has 19 heavy (non-hydrogen) atoms. The third-order valence-corrected chi connectivity index (χ3v) is 4.34. The maximum absolute atomic E-state index is 12.1. The van der Waals surface area contributed by atoms with E-state index in [9.17, 15) is 4.79 Å². The minimum Gasteiger partial charge on any atom is -0.497 e. The average molecular weight is 261 g/mol. The first-order valence-corrected chi connectivity index (χ1v) is 6.95. The van der Waals surface area contributed by atoms with Crippen LogP contribution in [-0.4, -0.2) is 19.6 Å². The molecule has 1 aromatic rings. The van der Waals surface area contributed by atoms with Gasteiger partial charge in [-0.3, -0.25) is 4.79 Å². The van der Waals surface area contributed by atoms with E-state index in [0.29, 0.717) is 16.9 Å². The largest absolute Gasteiger partial charge is 0.497 e. The van der Waals surface area contributed by atoms with Gasteiger partial charge in [0.25, 0.3) is 5.91 Å². The van der Waals surface area contributed by atoms with Crippen LogP contribution in [-0.2, 0) is 0 Å². The number of nitrogens with one attached hydrogen (secondary N) is 1. The second-order valence-corrected chi connectivity index (χ2v) is 6.02. The van der Waals surface area contributed by atoms with Crippen molar-refractivity contribution in [2.45, 2.75) is 33.1 Å². The molecule has 1 saturated carbocycles. The van der Waals surface area contributed by atoms with Crippen molar-refractivity contribution in [1.29, 1.82) is 0 Å². The molecule has 0 spiro atoms. The van der Waals surface area contributed by atoms with E-state index in [1.54, 1.807) is 19.2 Å². The van der Waals surface area contributed by atoms with E-state index in [4.69, 9.17) is 4.74 Å². The zero-order valence-corrected chi connectivity index (χ0v) is 12.0. The molecule has 1 amide bonds. The van der Waals surface area contributed by atoms with Crippen molar-refractivity contribution >= 4 is 5.91 Å². The van der Waals surface area contributed by atoms with Crippen molar-refractivity contribution in [2.24, 2.45) is 11.3 Å². The Morgan fingerprint density at radius 2 is 2.05 bits per heavy atom. The Morgan fingerprint density at radius 3 is 2.58 bits per heavy atom. The Balaban J connectivity index is 1.90. The van der Waals surface area contributed by atoms with E-state index in [2.05, 4.69) is 19.2 Å². The molecule has 0 heterocycles. The van der Waals surface area contributed by atoms with Crippen molar-refractivity contribution in [2.75, 3.05) is 13.7 Å². The monoisotopic (exact) mass is 261 g/mol. The molecule has 104 valence electrons. The van der Waals surface area contributed by atoms with Crippen LogP contribution in [0.15, 0.2) is 24.3 Å². The molecule has 0 aliphatic heterocycles. The lowest BCUT2D eigenvalue weighted by atomic mass is 9.82. The van der Waals surface area contributed by atoms with Crippen molar-refractivity contribution < 1.29 is 9.53 Å². The third-order valence-electron chi connectivity index (χ3n) is 4.34. The molecule has 3 nitrogen and oxygen atoms in total. The molecular formula is C16H23NO2. The summed E-state index contributed by atoms with van der Waals surface area (Å²) in [5.41, 5.74) is 1.05. The van der Waals surface area contributed by atoms with E-state index in [0.717, 1.165) is 12.3 Å². The average Bonchev–Trinajstić information content (AvgIpc) is 2.75. The van der Waals surface area contributed by atoms with Crippen LogP contribution in [0.4, 0.5) is 0 Å². The molecule has 0 radical (unpaired) electrons. The Labute approximate surface area is 115 Å². The first-order chi connectivity index (χ1) is 9.03. The highest BCUT2D eigenvalue weighted by Gasteiger charge is 2.34. The van der Waals surface area contributed by atoms with Crippen LogP contribution in [0.2, 0.25) is 0 Å². The first kappa shape index (κ1) is 13.9. The molecule has 1 atom stereocenters. The lowest BCUT2D eigenvalue weighted by Crippen LogP contribution is -2.33. The number of methoxy groups -OCH3 is 1. The van der Waals surface area contributed by atoms with Crippen LogP contribution in [0.5, 0.6) is 5.75 Å². The second-order valence-electron chi connectivity index (χ2n) is 6.02. The Hall–Kier alpha value is -1.51. The quantitative estimate of drug-likeness (QED) is 0.903. The number of hydrogen-bond donors (Lipinski definition) is 1. The predicted octanol–water partition coefficient (Wildman–Crippen LogP) is 3.25. The molecule has 1 N–H and O–H groups in total. The van der Waals surface area contributed by atoms with Crippen LogP contribution in [0, 0.1) is 11.3 Å². The minimum atomic E-state index is 0.00496. The molecular weight excluding hydrogens is 238 g/mol. The molecule has 0 bridgehead atoms. The molecule has 0 saturated heterocycles. The zero-order valence-electron chi connectivity index (χ0n) is 12.0. The van der Waals surface area contributed by atoms with E-state index >= 15 is 0 Å². The van der Waals surface area contributed by atoms with E-state index in [1.807, 2.05) is 12.1 Å². The van der Waals surface area contributed by atoms with Gasteiger partial charge < -0.3 is 10.1 Å². The van der Waals surface area contributed by atoms with Gasteiger partial charge in [0.2, 0.25) is 0 Å². The molecule has 1 aliphatic carbocycles. The first-order valence-electron chi connectivity index (χ1n) is 6.95. The maximum Gasteiger partial charge on any atom is 0.251 e. The van der Waals surface area contributed by atoms with Gasteiger partial charge in [-0.05, 0) is 48.4 Å². The maximum atomic E-state index is 12.1. The topological polar surface area (TPSA) is 38.3 Å². The molecule has 3 heteroatoms. The highest BCUT2D eigenvalue weighted by Crippen LogP contribution is 2.42. The normalized spacial score (nSPS) is 21.1. The van der Waals surface area contributed by atoms with Gasteiger partial charge in [-0.25, -0.2) is 0 Å². The van der Waals surface area contributed by atoms with Crippen molar-refractivity contribution in [3.8, 4) is 5.75 Å². The van der Waals surface area contributed by atoms with Gasteiger partial charge in [0.15, 0.2) is 0 Å². The van der Waals surface area contributed by atoms with Crippen LogP contribution < -0.4 is 10.1 Å². The molecule has 2 rings (SSSR count). The number of carbonyl (C=O) groups excluding carboxylic acids is 1. The summed E-state index contributed by atoms with van der Waals surface area (Å²) < 4.78 is 5.09. The highest BCUT2D eigenvalue weighted by molar-refractivity contribution is 5.94. The van der Waals surface area contributed by atoms with Crippen LogP contribution in [0.25, 0.3) is 0 Å². The Bertz CT molecular complexity index is 437. The van der Waals surface area contributed by atoms with Crippen LogP contribution in [0.3, 0.4) is 0 Å². The summed E-state index contributed by atoms with van der Waals surface area (Å²) in [5, 5.41) is 3.05. The summed E-state index contributed by atoms with van der Waals surface area (Å²) in [5.74, 6) is 1.37. The number of hydrogen-bond acceptors (Lipinski definition) is 2. The van der Waals surface area contributed by atoms with Crippen LogP contribution >= 0.6 is 0 Å². The predicted molar refractivity (Wildman–Crippen MR) is 76.4 cm³/mol. The highest BCUT2D eigenvalue weighted by atomic mass is 16.5. The Morgan fingerprint density at radius 1 is 1.37 bits per heavy atom. The lowest BCUT2D eigenvalue weighted by Gasteiger charge is -2.27. The number of benzene rings is 1. The van der Waals surface area contributed by atoms with Gasteiger partial charge in [-0.1, -0.05) is 20.3 Å². The molecule has 1 aromatic carbocycles. The summed E-state index contributed by atoms with van der Waals surface area (Å²) in [7, 11) is 1.62. The summed E-state index contributed by atoms with van der Waals surface area (Å²) in [6, 6.07) is 7.23. The summed E-state index contributed by atoms with van der Waals surface area (Å²) >= 11 is 0. The lowest BCUT2D eigenvalue weighted by molar-refractivity contribution is 0.0937. The Kier molecular flexibility index (Phi) is 4.13. The van der Waals surface area contributed by atoms with Gasteiger partial charge in [0.1, 0.15) is 5.75 Å². The minimum absolute atomic E-state index is 0.00496. The van der Waals surface area contributed by atoms with E-state index in [1.165, 1.54) is 19.3 Å². The summed E-state index contributed by atoms with van der Waals surface area (Å²) in [6.07, 6.45) is 3.75. The molecule has 1 unspecified atom stereocenters. The van der Waals surface area contributed by atoms with E-state index < -0.39 is 0 Å². The molecule has 1 fully saturated rings.